The van der Waals surface area contributed by atoms with Crippen molar-refractivity contribution >= 4 is 26.0 Å². The van der Waals surface area contributed by atoms with Crippen molar-refractivity contribution in [1.82, 2.24) is 0 Å². The average molecular weight is 552 g/mol. The Morgan fingerprint density at radius 3 is 2.14 bits per heavy atom. The van der Waals surface area contributed by atoms with Crippen LogP contribution in [-0.2, 0) is 29.6 Å². The molecule has 0 heterocycles. The minimum absolute atomic E-state index is 0.0554. The fraction of sp³-hybridized carbons (Fsp3) is 0.172. The van der Waals surface area contributed by atoms with Crippen molar-refractivity contribution in [3.8, 4) is 16.9 Å². The fourth-order valence-corrected chi connectivity index (χ4v) is 5.40. The van der Waals surface area contributed by atoms with Gasteiger partial charge in [0.2, 0.25) is 0 Å². The number of aryl methyl sites for hydroxylation is 2. The first-order valence-corrected chi connectivity index (χ1v) is 13.7. The number of rotatable bonds is 9. The lowest BCUT2D eigenvalue weighted by Gasteiger charge is -2.20. The number of hydrogen-bond acceptors (Lipinski definition) is 3. The van der Waals surface area contributed by atoms with Crippen LogP contribution in [0.4, 0.5) is 0 Å². The summed E-state index contributed by atoms with van der Waals surface area (Å²) in [6.45, 7) is 2.33. The zero-order valence-electron chi connectivity index (χ0n) is 19.4. The van der Waals surface area contributed by atoms with Gasteiger partial charge in [-0.3, -0.25) is 4.55 Å². The molecule has 0 aromatic heterocycles. The van der Waals surface area contributed by atoms with E-state index in [9.17, 15) is 13.0 Å². The van der Waals surface area contributed by atoms with E-state index < -0.39 is 10.1 Å². The van der Waals surface area contributed by atoms with Gasteiger partial charge in [0.1, 0.15) is 12.4 Å². The van der Waals surface area contributed by atoms with E-state index in [0.717, 1.165) is 39.6 Å². The third-order valence-corrected chi connectivity index (χ3v) is 7.37. The highest BCUT2D eigenvalue weighted by atomic mass is 79.9. The van der Waals surface area contributed by atoms with Crippen molar-refractivity contribution in [3.63, 3.8) is 0 Å². The van der Waals surface area contributed by atoms with E-state index >= 15 is 0 Å². The van der Waals surface area contributed by atoms with Crippen LogP contribution in [0.3, 0.4) is 0 Å². The summed E-state index contributed by atoms with van der Waals surface area (Å²) in [5.74, 6) is 0.650. The number of halogens is 1. The molecule has 0 radical (unpaired) electrons. The Labute approximate surface area is 215 Å². The predicted octanol–water partition coefficient (Wildman–Crippen LogP) is 7.43. The second-order valence-electron chi connectivity index (χ2n) is 8.46. The summed E-state index contributed by atoms with van der Waals surface area (Å²) in [6.07, 6.45) is 2.03. The third-order valence-electron chi connectivity index (χ3n) is 5.94. The smallest absolute Gasteiger partial charge is 0.294 e. The van der Waals surface area contributed by atoms with E-state index in [1.807, 2.05) is 73.7 Å². The van der Waals surface area contributed by atoms with E-state index in [-0.39, 0.29) is 4.90 Å². The van der Waals surface area contributed by atoms with Gasteiger partial charge in [-0.25, -0.2) is 0 Å². The van der Waals surface area contributed by atoms with E-state index in [2.05, 4.69) is 28.1 Å². The van der Waals surface area contributed by atoms with Gasteiger partial charge in [0.15, 0.2) is 0 Å². The summed E-state index contributed by atoms with van der Waals surface area (Å²) in [5, 5.41) is 0. The van der Waals surface area contributed by atoms with E-state index in [4.69, 9.17) is 4.74 Å². The molecule has 0 saturated carbocycles. The first-order chi connectivity index (χ1) is 16.8. The molecule has 0 aliphatic carbocycles. The van der Waals surface area contributed by atoms with Gasteiger partial charge in [-0.05, 0) is 78.3 Å². The normalized spacial score (nSPS) is 11.4. The van der Waals surface area contributed by atoms with Crippen molar-refractivity contribution in [1.29, 1.82) is 0 Å². The number of benzene rings is 4. The summed E-state index contributed by atoms with van der Waals surface area (Å²) >= 11 is 3.56. The van der Waals surface area contributed by atoms with Gasteiger partial charge < -0.3 is 4.74 Å². The van der Waals surface area contributed by atoms with Crippen LogP contribution < -0.4 is 4.74 Å². The molecule has 0 amide bonds. The third kappa shape index (κ3) is 6.40. The van der Waals surface area contributed by atoms with E-state index in [1.165, 1.54) is 11.6 Å². The molecule has 4 rings (SSSR count). The lowest BCUT2D eigenvalue weighted by atomic mass is 9.91. The molecule has 0 bridgehead atoms. The Hall–Kier alpha value is -2.93. The zero-order chi connectivity index (χ0) is 24.8. The van der Waals surface area contributed by atoms with Gasteiger partial charge >= 0.3 is 0 Å². The second-order valence-corrected chi connectivity index (χ2v) is 10.8. The Morgan fingerprint density at radius 1 is 0.829 bits per heavy atom. The molecule has 4 nitrogen and oxygen atoms in total. The molecule has 4 aromatic rings. The Morgan fingerprint density at radius 2 is 1.49 bits per heavy atom. The van der Waals surface area contributed by atoms with Crippen LogP contribution in [0, 0.1) is 6.92 Å². The highest BCUT2D eigenvalue weighted by molar-refractivity contribution is 9.10. The van der Waals surface area contributed by atoms with Crippen LogP contribution in [0.25, 0.3) is 11.1 Å². The van der Waals surface area contributed by atoms with Gasteiger partial charge in [-0.15, -0.1) is 0 Å². The van der Waals surface area contributed by atoms with Crippen molar-refractivity contribution in [2.45, 2.75) is 37.7 Å². The van der Waals surface area contributed by atoms with Crippen LogP contribution in [0.15, 0.2) is 100 Å². The maximum Gasteiger partial charge on any atom is 0.294 e. The maximum atomic E-state index is 12.4. The van der Waals surface area contributed by atoms with E-state index in [1.54, 1.807) is 6.07 Å². The van der Waals surface area contributed by atoms with E-state index in [0.29, 0.717) is 24.3 Å². The molecule has 0 unspecified atom stereocenters. The monoisotopic (exact) mass is 550 g/mol. The molecule has 0 atom stereocenters. The molecule has 35 heavy (non-hydrogen) atoms. The topological polar surface area (TPSA) is 63.6 Å². The zero-order valence-corrected chi connectivity index (χ0v) is 21.8. The molecule has 0 fully saturated rings. The number of ether oxygens (including phenoxy) is 1. The summed E-state index contributed by atoms with van der Waals surface area (Å²) in [7, 11) is -4.41. The first-order valence-electron chi connectivity index (χ1n) is 11.4. The summed E-state index contributed by atoms with van der Waals surface area (Å²) in [5.41, 5.74) is 5.30. The van der Waals surface area contributed by atoms with Gasteiger partial charge in [0.05, 0.1) is 4.90 Å². The molecule has 0 spiro atoms. The molecule has 6 heteroatoms. The van der Waals surface area contributed by atoms with Gasteiger partial charge in [0.25, 0.3) is 10.1 Å². The van der Waals surface area contributed by atoms with Crippen LogP contribution >= 0.6 is 15.9 Å². The minimum Gasteiger partial charge on any atom is -0.488 e. The molecular formula is C29H27BrO4S. The van der Waals surface area contributed by atoms with Crippen LogP contribution in [0.1, 0.15) is 28.7 Å². The molecule has 180 valence electrons. The summed E-state index contributed by atoms with van der Waals surface area (Å²) in [6, 6.07) is 28.9. The molecular weight excluding hydrogens is 524 g/mol. The van der Waals surface area contributed by atoms with Crippen molar-refractivity contribution in [3.05, 3.63) is 118 Å². The highest BCUT2D eigenvalue weighted by Crippen LogP contribution is 2.40. The highest BCUT2D eigenvalue weighted by Gasteiger charge is 2.23. The predicted molar refractivity (Wildman–Crippen MR) is 143 cm³/mol. The Bertz CT molecular complexity index is 1400. The molecule has 0 aliphatic heterocycles. The Kier molecular flexibility index (Phi) is 8.06. The second kappa shape index (κ2) is 11.2. The quantitative estimate of drug-likeness (QED) is 0.220. The van der Waals surface area contributed by atoms with Crippen molar-refractivity contribution < 1.29 is 17.7 Å². The summed E-state index contributed by atoms with van der Waals surface area (Å²) < 4.78 is 41.8. The van der Waals surface area contributed by atoms with Crippen molar-refractivity contribution in [2.24, 2.45) is 0 Å². The lowest BCUT2D eigenvalue weighted by Crippen LogP contribution is -2.08. The van der Waals surface area contributed by atoms with Gasteiger partial charge in [-0.2, -0.15) is 8.42 Å². The largest absolute Gasteiger partial charge is 0.488 e. The molecule has 0 aliphatic rings. The Balaban J connectivity index is 1.76. The standard InChI is InChI=1S/C29H27BrO4S/c1-21-15-18-28(35(31,32)33)25(14-8-13-22-9-4-2-5-10-22)29(21)26-19-24(30)16-17-27(26)34-20-23-11-6-3-7-12-23/h2-7,9-12,15-19H,8,13-14,20H2,1H3,(H,31,32,33). The molecule has 4 aromatic carbocycles. The molecule has 0 saturated heterocycles. The first kappa shape index (κ1) is 25.2. The van der Waals surface area contributed by atoms with Crippen LogP contribution in [0.5, 0.6) is 5.75 Å². The average Bonchev–Trinajstić information content (AvgIpc) is 2.84. The molecule has 1 N–H and O–H groups in total. The maximum absolute atomic E-state index is 12.4. The summed E-state index contributed by atoms with van der Waals surface area (Å²) in [4.78, 5) is -0.0554. The SMILES string of the molecule is Cc1ccc(S(=O)(=O)O)c(CCCc2ccccc2)c1-c1cc(Br)ccc1OCc1ccccc1. The van der Waals surface area contributed by atoms with Crippen LogP contribution in [0.2, 0.25) is 0 Å². The van der Waals surface area contributed by atoms with Crippen LogP contribution in [-0.4, -0.2) is 13.0 Å². The van der Waals surface area contributed by atoms with Crippen molar-refractivity contribution in [2.75, 3.05) is 0 Å². The lowest BCUT2D eigenvalue weighted by molar-refractivity contribution is 0.307. The van der Waals surface area contributed by atoms with Gasteiger partial charge in [-0.1, -0.05) is 82.7 Å². The fourth-order valence-electron chi connectivity index (χ4n) is 4.28. The minimum atomic E-state index is -4.41. The van der Waals surface area contributed by atoms with Gasteiger partial charge in [0, 0.05) is 10.0 Å². The number of hydrogen-bond donors (Lipinski definition) is 1.